The van der Waals surface area contributed by atoms with E-state index in [0.717, 1.165) is 42.3 Å². The minimum absolute atomic E-state index is 0.200. The molecular weight excluding hydrogens is 324 g/mol. The van der Waals surface area contributed by atoms with Gasteiger partial charge in [0.05, 0.1) is 18.3 Å². The number of hydrogen-bond acceptors (Lipinski definition) is 5. The molecule has 1 unspecified atom stereocenters. The maximum absolute atomic E-state index is 11.4. The van der Waals surface area contributed by atoms with Crippen LogP contribution >= 0.6 is 0 Å². The zero-order valence-corrected chi connectivity index (χ0v) is 14.1. The van der Waals surface area contributed by atoms with E-state index in [4.69, 9.17) is 15.6 Å². The van der Waals surface area contributed by atoms with Crippen molar-refractivity contribution in [2.24, 2.45) is 11.7 Å². The lowest BCUT2D eigenvalue weighted by molar-refractivity contribution is -0.135. The molecule has 1 aromatic carbocycles. The van der Waals surface area contributed by atoms with E-state index in [0.29, 0.717) is 13.2 Å². The van der Waals surface area contributed by atoms with Gasteiger partial charge in [-0.05, 0) is 30.9 Å². The molecule has 25 heavy (non-hydrogen) atoms. The normalized spacial score (nSPS) is 18.8. The third-order valence-corrected chi connectivity index (χ3v) is 4.95. The average molecular weight is 346 g/mol. The molecule has 1 aromatic rings. The zero-order valence-electron chi connectivity index (χ0n) is 14.1. The summed E-state index contributed by atoms with van der Waals surface area (Å²) in [5.41, 5.74) is 9.48. The highest BCUT2D eigenvalue weighted by atomic mass is 16.5. The van der Waals surface area contributed by atoms with Gasteiger partial charge < -0.3 is 25.6 Å². The first-order valence-electron chi connectivity index (χ1n) is 8.37. The van der Waals surface area contributed by atoms with Crippen molar-refractivity contribution in [3.63, 3.8) is 0 Å². The number of fused-ring (bicyclic) bond motifs is 3. The molecule has 7 heteroatoms. The maximum atomic E-state index is 11.4. The lowest BCUT2D eigenvalue weighted by atomic mass is 9.95. The molecule has 0 aliphatic carbocycles. The van der Waals surface area contributed by atoms with Crippen molar-refractivity contribution in [3.05, 3.63) is 34.9 Å². The Morgan fingerprint density at radius 3 is 2.76 bits per heavy atom. The van der Waals surface area contributed by atoms with Gasteiger partial charge in [-0.25, -0.2) is 9.59 Å². The Balaban J connectivity index is 1.94. The first-order valence-corrected chi connectivity index (χ1v) is 8.37. The molecule has 0 amide bonds. The lowest BCUT2D eigenvalue weighted by Crippen LogP contribution is -2.47. The van der Waals surface area contributed by atoms with Crippen molar-refractivity contribution in [2.45, 2.75) is 32.4 Å². The molecule has 3 rings (SSSR count). The van der Waals surface area contributed by atoms with Crippen LogP contribution in [0, 0.1) is 5.92 Å². The Kier molecular flexibility index (Phi) is 4.67. The third kappa shape index (κ3) is 3.19. The number of nitrogens with two attached hydrogens (primary N) is 1. The van der Waals surface area contributed by atoms with Crippen molar-refractivity contribution in [3.8, 4) is 5.75 Å². The summed E-state index contributed by atoms with van der Waals surface area (Å²) in [6.45, 7) is 3.02. The number of carboxylic acids is 2. The molecule has 4 N–H and O–H groups in total. The number of carbonyl (C=O) groups is 2. The molecule has 134 valence electrons. The fourth-order valence-electron chi connectivity index (χ4n) is 3.66. The van der Waals surface area contributed by atoms with Crippen molar-refractivity contribution in [1.29, 1.82) is 0 Å². The molecule has 0 fully saturated rings. The summed E-state index contributed by atoms with van der Waals surface area (Å²) < 4.78 is 5.72. The van der Waals surface area contributed by atoms with E-state index in [2.05, 4.69) is 0 Å². The van der Waals surface area contributed by atoms with Crippen molar-refractivity contribution in [2.75, 3.05) is 18.1 Å². The number of nitrogens with zero attached hydrogens (tertiary/aromatic N) is 1. The van der Waals surface area contributed by atoms with Gasteiger partial charge in [0.25, 0.3) is 0 Å². The molecule has 0 spiro atoms. The van der Waals surface area contributed by atoms with Crippen LogP contribution in [0.4, 0.5) is 5.69 Å². The standard InChI is InChI=1S/C18H22N2O5/c1-10(13(18(23)24)9-15(21)22)17(19)20-7-6-11-4-5-14-12(16(11)20)3-2-8-25-14/h4-5,9-10,17H,2-3,6-8,19H2,1H3,(H,21,22)(H,23,24)/t10?,17-/m0/s1. The van der Waals surface area contributed by atoms with Crippen LogP contribution in [-0.2, 0) is 22.4 Å². The topological polar surface area (TPSA) is 113 Å². The summed E-state index contributed by atoms with van der Waals surface area (Å²) >= 11 is 0. The van der Waals surface area contributed by atoms with E-state index >= 15 is 0 Å². The van der Waals surface area contributed by atoms with Gasteiger partial charge in [0.2, 0.25) is 0 Å². The molecular formula is C18H22N2O5. The second-order valence-electron chi connectivity index (χ2n) is 6.47. The van der Waals surface area contributed by atoms with Crippen LogP contribution in [0.3, 0.4) is 0 Å². The summed E-state index contributed by atoms with van der Waals surface area (Å²) in [4.78, 5) is 24.4. The molecule has 0 bridgehead atoms. The molecule has 2 aliphatic heterocycles. The van der Waals surface area contributed by atoms with Crippen molar-refractivity contribution < 1.29 is 24.5 Å². The third-order valence-electron chi connectivity index (χ3n) is 4.95. The van der Waals surface area contributed by atoms with Crippen molar-refractivity contribution in [1.82, 2.24) is 0 Å². The number of ether oxygens (including phenoxy) is 1. The zero-order chi connectivity index (χ0) is 18.1. The SMILES string of the molecule is CC(C(=CC(=O)O)C(=O)O)[C@@H](N)N1CCc2ccc3c(c21)CCCO3. The summed E-state index contributed by atoms with van der Waals surface area (Å²) in [5.74, 6) is -2.33. The minimum atomic E-state index is -1.29. The highest BCUT2D eigenvalue weighted by molar-refractivity contribution is 5.95. The fourth-order valence-corrected chi connectivity index (χ4v) is 3.66. The van der Waals surface area contributed by atoms with Gasteiger partial charge >= 0.3 is 11.9 Å². The quantitative estimate of drug-likeness (QED) is 0.691. The summed E-state index contributed by atoms with van der Waals surface area (Å²) in [5, 5.41) is 18.3. The first kappa shape index (κ1) is 17.3. The fraction of sp³-hybridized carbons (Fsp3) is 0.444. The molecule has 7 nitrogen and oxygen atoms in total. The molecule has 2 heterocycles. The Labute approximate surface area is 145 Å². The molecule has 0 saturated heterocycles. The Bertz CT molecular complexity index is 743. The van der Waals surface area contributed by atoms with Crippen LogP contribution in [0.15, 0.2) is 23.8 Å². The van der Waals surface area contributed by atoms with Crippen LogP contribution in [0.2, 0.25) is 0 Å². The van der Waals surface area contributed by atoms with Crippen LogP contribution < -0.4 is 15.4 Å². The van der Waals surface area contributed by atoms with Crippen LogP contribution in [0.1, 0.15) is 24.5 Å². The highest BCUT2D eigenvalue weighted by Crippen LogP contribution is 2.41. The van der Waals surface area contributed by atoms with E-state index < -0.39 is 24.0 Å². The number of carboxylic acid groups (broad SMARTS) is 2. The molecule has 2 atom stereocenters. The van der Waals surface area contributed by atoms with E-state index in [1.807, 2.05) is 17.0 Å². The van der Waals surface area contributed by atoms with Crippen molar-refractivity contribution >= 4 is 17.6 Å². The van der Waals surface area contributed by atoms with Gasteiger partial charge in [-0.3, -0.25) is 0 Å². The monoisotopic (exact) mass is 346 g/mol. The molecule has 0 saturated carbocycles. The predicted octanol–water partition coefficient (Wildman–Crippen LogP) is 1.39. The molecule has 2 aliphatic rings. The van der Waals surface area contributed by atoms with Crippen LogP contribution in [0.25, 0.3) is 0 Å². The smallest absolute Gasteiger partial charge is 0.332 e. The van der Waals surface area contributed by atoms with Crippen LogP contribution in [-0.4, -0.2) is 41.5 Å². The largest absolute Gasteiger partial charge is 0.493 e. The number of aliphatic carboxylic acids is 2. The predicted molar refractivity (Wildman–Crippen MR) is 91.8 cm³/mol. The summed E-state index contributed by atoms with van der Waals surface area (Å²) in [6.07, 6.45) is 2.76. The Hall–Kier alpha value is -2.54. The minimum Gasteiger partial charge on any atom is -0.493 e. The van der Waals surface area contributed by atoms with Gasteiger partial charge in [-0.1, -0.05) is 13.0 Å². The number of anilines is 1. The molecule has 0 aromatic heterocycles. The number of benzene rings is 1. The van der Waals surface area contributed by atoms with E-state index in [9.17, 15) is 14.7 Å². The second kappa shape index (κ2) is 6.76. The molecule has 0 radical (unpaired) electrons. The van der Waals surface area contributed by atoms with Gasteiger partial charge in [-0.2, -0.15) is 0 Å². The highest BCUT2D eigenvalue weighted by Gasteiger charge is 2.34. The number of rotatable bonds is 5. The maximum Gasteiger partial charge on any atom is 0.332 e. The van der Waals surface area contributed by atoms with Crippen LogP contribution in [0.5, 0.6) is 5.75 Å². The summed E-state index contributed by atoms with van der Waals surface area (Å²) in [6, 6.07) is 4.01. The number of hydrogen-bond donors (Lipinski definition) is 3. The average Bonchev–Trinajstić information content (AvgIpc) is 3.02. The summed E-state index contributed by atoms with van der Waals surface area (Å²) in [7, 11) is 0. The van der Waals surface area contributed by atoms with E-state index in [1.165, 1.54) is 5.56 Å². The van der Waals surface area contributed by atoms with E-state index in [1.54, 1.807) is 6.92 Å². The first-order chi connectivity index (χ1) is 11.9. The van der Waals surface area contributed by atoms with Gasteiger partial charge in [0.15, 0.2) is 0 Å². The van der Waals surface area contributed by atoms with Gasteiger partial charge in [0.1, 0.15) is 5.75 Å². The van der Waals surface area contributed by atoms with E-state index in [-0.39, 0.29) is 5.57 Å². The van der Waals surface area contributed by atoms with Gasteiger partial charge in [-0.15, -0.1) is 0 Å². The second-order valence-corrected chi connectivity index (χ2v) is 6.47. The lowest BCUT2D eigenvalue weighted by Gasteiger charge is -2.34. The van der Waals surface area contributed by atoms with Gasteiger partial charge in [0, 0.05) is 29.8 Å². The Morgan fingerprint density at radius 1 is 1.32 bits per heavy atom. The Morgan fingerprint density at radius 2 is 2.08 bits per heavy atom.